The van der Waals surface area contributed by atoms with Crippen LogP contribution in [-0.4, -0.2) is 18.0 Å². The highest BCUT2D eigenvalue weighted by atomic mass is 35.5. The van der Waals surface area contributed by atoms with Crippen LogP contribution in [0.2, 0.25) is 0 Å². The van der Waals surface area contributed by atoms with Gasteiger partial charge < -0.3 is 0 Å². The van der Waals surface area contributed by atoms with Gasteiger partial charge in [-0.3, -0.25) is 9.79 Å². The van der Waals surface area contributed by atoms with Gasteiger partial charge in [-0.15, -0.1) is 0 Å². The Kier molecular flexibility index (Phi) is 2.01. The third-order valence-electron chi connectivity index (χ3n) is 1.13. The normalized spacial score (nSPS) is 24.3. The molecule has 0 aromatic carbocycles. The van der Waals surface area contributed by atoms with Gasteiger partial charge in [0.05, 0.1) is 12.5 Å². The minimum absolute atomic E-state index is 0.198. The molecule has 0 fully saturated rings. The molecule has 0 saturated carbocycles. The first kappa shape index (κ1) is 6.49. The molecule has 0 aliphatic carbocycles. The second kappa shape index (κ2) is 2.78. The molecule has 2 nitrogen and oxygen atoms in total. The van der Waals surface area contributed by atoms with E-state index >= 15 is 0 Å². The van der Waals surface area contributed by atoms with Crippen LogP contribution in [-0.2, 0) is 4.79 Å². The van der Waals surface area contributed by atoms with Gasteiger partial charge in [-0.25, -0.2) is 0 Å². The Morgan fingerprint density at radius 1 is 1.78 bits per heavy atom. The third kappa shape index (κ3) is 1.64. The molecule has 1 aliphatic heterocycles. The van der Waals surface area contributed by atoms with Crippen molar-refractivity contribution in [1.29, 1.82) is 0 Å². The lowest BCUT2D eigenvalue weighted by Gasteiger charge is -2.04. The van der Waals surface area contributed by atoms with Crippen molar-refractivity contribution < 1.29 is 4.79 Å². The van der Waals surface area contributed by atoms with E-state index in [2.05, 4.69) is 4.99 Å². The first-order valence-electron chi connectivity index (χ1n) is 2.66. The highest BCUT2D eigenvalue weighted by Crippen LogP contribution is 2.06. The zero-order chi connectivity index (χ0) is 6.69. The van der Waals surface area contributed by atoms with E-state index in [0.29, 0.717) is 6.54 Å². The fourth-order valence-corrected chi connectivity index (χ4v) is 0.769. The van der Waals surface area contributed by atoms with Gasteiger partial charge in [-0.1, -0.05) is 6.08 Å². The second-order valence-corrected chi connectivity index (χ2v) is 2.18. The Morgan fingerprint density at radius 2 is 2.56 bits per heavy atom. The van der Waals surface area contributed by atoms with Crippen LogP contribution < -0.4 is 0 Å². The standard InChI is InChI=1S/C6H6ClNO/c7-6(9)5-2-1-3-8-4-5/h1-3,5H,4H2. The summed E-state index contributed by atoms with van der Waals surface area (Å²) < 4.78 is 0. The molecule has 48 valence electrons. The molecule has 9 heavy (non-hydrogen) atoms. The van der Waals surface area contributed by atoms with E-state index in [1.54, 1.807) is 18.4 Å². The van der Waals surface area contributed by atoms with Crippen molar-refractivity contribution in [1.82, 2.24) is 0 Å². The minimum atomic E-state index is -0.330. The maximum Gasteiger partial charge on any atom is 0.230 e. The van der Waals surface area contributed by atoms with Crippen molar-refractivity contribution in [3.05, 3.63) is 12.2 Å². The molecule has 0 aromatic rings. The number of hydrogen-bond donors (Lipinski definition) is 0. The van der Waals surface area contributed by atoms with Crippen LogP contribution in [0.4, 0.5) is 0 Å². The molecule has 1 heterocycles. The molecule has 1 unspecified atom stereocenters. The molecule has 1 atom stereocenters. The SMILES string of the molecule is O=C(Cl)C1C=CC=NC1. The van der Waals surface area contributed by atoms with Gasteiger partial charge in [-0.05, 0) is 17.7 Å². The predicted molar refractivity (Wildman–Crippen MR) is 36.8 cm³/mol. The number of halogens is 1. The van der Waals surface area contributed by atoms with Crippen molar-refractivity contribution in [2.45, 2.75) is 0 Å². The number of hydrogen-bond acceptors (Lipinski definition) is 2. The number of allylic oxidation sites excluding steroid dienone is 1. The summed E-state index contributed by atoms with van der Waals surface area (Å²) in [5.41, 5.74) is 0. The number of carbonyl (C=O) groups excluding carboxylic acids is 1. The topological polar surface area (TPSA) is 29.4 Å². The van der Waals surface area contributed by atoms with Crippen LogP contribution in [0.1, 0.15) is 0 Å². The predicted octanol–water partition coefficient (Wildman–Crippen LogP) is 1.01. The Hall–Kier alpha value is -0.630. The largest absolute Gasteiger partial charge is 0.292 e. The highest BCUT2D eigenvalue weighted by molar-refractivity contribution is 6.64. The number of rotatable bonds is 1. The van der Waals surface area contributed by atoms with Crippen LogP contribution in [0.15, 0.2) is 17.1 Å². The van der Waals surface area contributed by atoms with Crippen molar-refractivity contribution in [3.63, 3.8) is 0 Å². The van der Waals surface area contributed by atoms with Crippen molar-refractivity contribution >= 4 is 23.1 Å². The van der Waals surface area contributed by atoms with Gasteiger partial charge in [0.1, 0.15) is 0 Å². The second-order valence-electron chi connectivity index (χ2n) is 1.81. The number of aliphatic imine (C=N–C) groups is 1. The lowest BCUT2D eigenvalue weighted by Crippen LogP contribution is -2.11. The summed E-state index contributed by atoms with van der Waals surface area (Å²) in [4.78, 5) is 14.3. The maximum absolute atomic E-state index is 10.4. The molecule has 0 aromatic heterocycles. The van der Waals surface area contributed by atoms with E-state index in [1.165, 1.54) is 0 Å². The molecular weight excluding hydrogens is 138 g/mol. The molecule has 0 saturated heterocycles. The average molecular weight is 144 g/mol. The quantitative estimate of drug-likeness (QED) is 0.504. The number of dihydropyridines is 1. The average Bonchev–Trinajstić information content (AvgIpc) is 1.90. The smallest absolute Gasteiger partial charge is 0.230 e. The summed E-state index contributed by atoms with van der Waals surface area (Å²) in [6.07, 6.45) is 5.15. The summed E-state index contributed by atoms with van der Waals surface area (Å²) in [7, 11) is 0. The summed E-state index contributed by atoms with van der Waals surface area (Å²) in [6, 6.07) is 0. The molecule has 0 N–H and O–H groups in total. The van der Waals surface area contributed by atoms with Gasteiger partial charge in [0.2, 0.25) is 5.24 Å². The Balaban J connectivity index is 2.56. The Labute approximate surface area is 58.2 Å². The van der Waals surface area contributed by atoms with Crippen LogP contribution in [0.3, 0.4) is 0 Å². The van der Waals surface area contributed by atoms with E-state index in [4.69, 9.17) is 11.6 Å². The molecule has 0 bridgehead atoms. The van der Waals surface area contributed by atoms with Crippen LogP contribution >= 0.6 is 11.6 Å². The summed E-state index contributed by atoms with van der Waals surface area (Å²) in [6.45, 7) is 0.499. The van der Waals surface area contributed by atoms with Gasteiger partial charge in [0.25, 0.3) is 0 Å². The molecular formula is C6H6ClNO. The first-order valence-corrected chi connectivity index (χ1v) is 3.04. The van der Waals surface area contributed by atoms with Gasteiger partial charge in [-0.2, -0.15) is 0 Å². The monoisotopic (exact) mass is 143 g/mol. The van der Waals surface area contributed by atoms with Crippen molar-refractivity contribution in [2.75, 3.05) is 6.54 Å². The van der Waals surface area contributed by atoms with E-state index in [9.17, 15) is 4.79 Å². The lowest BCUT2D eigenvalue weighted by molar-refractivity contribution is -0.113. The molecule has 0 amide bonds. The van der Waals surface area contributed by atoms with Gasteiger partial charge in [0.15, 0.2) is 0 Å². The van der Waals surface area contributed by atoms with Crippen LogP contribution in [0.25, 0.3) is 0 Å². The fourth-order valence-electron chi connectivity index (χ4n) is 0.627. The third-order valence-corrected chi connectivity index (χ3v) is 1.41. The fraction of sp³-hybridized carbons (Fsp3) is 0.333. The lowest BCUT2D eigenvalue weighted by atomic mass is 10.1. The van der Waals surface area contributed by atoms with Gasteiger partial charge >= 0.3 is 0 Å². The van der Waals surface area contributed by atoms with E-state index in [0.717, 1.165) is 0 Å². The Bertz CT molecular complexity index is 174. The number of nitrogens with zero attached hydrogens (tertiary/aromatic N) is 1. The Morgan fingerprint density at radius 3 is 2.89 bits per heavy atom. The van der Waals surface area contributed by atoms with Gasteiger partial charge in [0, 0.05) is 6.21 Å². The zero-order valence-electron chi connectivity index (χ0n) is 4.75. The highest BCUT2D eigenvalue weighted by Gasteiger charge is 2.12. The molecule has 0 radical (unpaired) electrons. The maximum atomic E-state index is 10.4. The van der Waals surface area contributed by atoms with Crippen molar-refractivity contribution in [3.8, 4) is 0 Å². The summed E-state index contributed by atoms with van der Waals surface area (Å²) in [5.74, 6) is -0.198. The summed E-state index contributed by atoms with van der Waals surface area (Å²) in [5, 5.41) is -0.330. The molecule has 0 spiro atoms. The van der Waals surface area contributed by atoms with Crippen LogP contribution in [0, 0.1) is 5.92 Å². The van der Waals surface area contributed by atoms with E-state index in [-0.39, 0.29) is 11.2 Å². The molecule has 1 aliphatic rings. The van der Waals surface area contributed by atoms with E-state index in [1.807, 2.05) is 0 Å². The van der Waals surface area contributed by atoms with E-state index < -0.39 is 0 Å². The van der Waals surface area contributed by atoms with Crippen LogP contribution in [0.5, 0.6) is 0 Å². The molecule has 1 rings (SSSR count). The minimum Gasteiger partial charge on any atom is -0.292 e. The van der Waals surface area contributed by atoms with Crippen molar-refractivity contribution in [2.24, 2.45) is 10.9 Å². The summed E-state index contributed by atoms with van der Waals surface area (Å²) >= 11 is 5.19. The zero-order valence-corrected chi connectivity index (χ0v) is 5.51. The number of carbonyl (C=O) groups is 1. The first-order chi connectivity index (χ1) is 4.30. The molecule has 3 heteroatoms.